The topological polar surface area (TPSA) is 69.6 Å². The normalized spacial score (nSPS) is 24.2. The van der Waals surface area contributed by atoms with E-state index in [4.69, 9.17) is 0 Å². The summed E-state index contributed by atoms with van der Waals surface area (Å²) in [6.45, 7) is 1.79. The van der Waals surface area contributed by atoms with E-state index in [1.54, 1.807) is 11.9 Å². The molecule has 0 radical (unpaired) electrons. The molecule has 2 N–H and O–H groups in total. The van der Waals surface area contributed by atoms with Crippen LogP contribution in [0, 0.1) is 0 Å². The minimum absolute atomic E-state index is 0.0234. The van der Waals surface area contributed by atoms with Crippen LogP contribution in [0.4, 0.5) is 0 Å². The first-order valence-corrected chi connectivity index (χ1v) is 6.20. The molecule has 5 heteroatoms. The Labute approximate surface area is 102 Å². The maximum Gasteiger partial charge on any atom is 0.224 e. The molecular formula is C12H22N2O3. The summed E-state index contributed by atoms with van der Waals surface area (Å²) in [6, 6.07) is -0.0615. The first-order valence-electron chi connectivity index (χ1n) is 6.20. The SMILES string of the molecule is CC(=O)NCCC(=O)N(C)C1CCCCC1O. The van der Waals surface area contributed by atoms with Gasteiger partial charge in [0.05, 0.1) is 12.1 Å². The second-order valence-electron chi connectivity index (χ2n) is 4.66. The number of nitrogens with one attached hydrogen (secondary N) is 1. The van der Waals surface area contributed by atoms with Gasteiger partial charge in [-0.05, 0) is 12.8 Å². The van der Waals surface area contributed by atoms with E-state index in [0.29, 0.717) is 13.0 Å². The molecule has 1 saturated carbocycles. The first kappa shape index (κ1) is 14.0. The van der Waals surface area contributed by atoms with Crippen LogP contribution in [-0.4, -0.2) is 47.6 Å². The number of rotatable bonds is 4. The Kier molecular flexibility index (Phi) is 5.41. The lowest BCUT2D eigenvalue weighted by Crippen LogP contribution is -2.46. The lowest BCUT2D eigenvalue weighted by Gasteiger charge is -2.35. The van der Waals surface area contributed by atoms with Crippen LogP contribution in [-0.2, 0) is 9.59 Å². The minimum atomic E-state index is -0.404. The first-order chi connectivity index (χ1) is 8.02. The summed E-state index contributed by atoms with van der Waals surface area (Å²) in [5.74, 6) is -0.150. The van der Waals surface area contributed by atoms with E-state index in [1.807, 2.05) is 0 Å². The zero-order valence-corrected chi connectivity index (χ0v) is 10.6. The molecule has 0 spiro atoms. The van der Waals surface area contributed by atoms with Crippen LogP contribution >= 0.6 is 0 Å². The Morgan fingerprint density at radius 1 is 1.35 bits per heavy atom. The number of likely N-dealkylation sites (N-methyl/N-ethyl adjacent to an activating group) is 1. The highest BCUT2D eigenvalue weighted by atomic mass is 16.3. The van der Waals surface area contributed by atoms with Crippen molar-refractivity contribution in [1.82, 2.24) is 10.2 Å². The molecule has 0 saturated heterocycles. The van der Waals surface area contributed by atoms with Crippen molar-refractivity contribution < 1.29 is 14.7 Å². The van der Waals surface area contributed by atoms with Gasteiger partial charge in [0.2, 0.25) is 11.8 Å². The smallest absolute Gasteiger partial charge is 0.224 e. The largest absolute Gasteiger partial charge is 0.391 e. The fraction of sp³-hybridized carbons (Fsp3) is 0.833. The highest BCUT2D eigenvalue weighted by Crippen LogP contribution is 2.22. The Bertz CT molecular complexity index is 281. The number of amides is 2. The van der Waals surface area contributed by atoms with Crippen LogP contribution in [0.15, 0.2) is 0 Å². The molecular weight excluding hydrogens is 220 g/mol. The highest BCUT2D eigenvalue weighted by molar-refractivity contribution is 5.78. The van der Waals surface area contributed by atoms with E-state index in [0.717, 1.165) is 25.7 Å². The molecule has 17 heavy (non-hydrogen) atoms. The van der Waals surface area contributed by atoms with Gasteiger partial charge < -0.3 is 15.3 Å². The third-order valence-corrected chi connectivity index (χ3v) is 3.30. The molecule has 1 fully saturated rings. The number of carbonyl (C=O) groups is 2. The number of aliphatic hydroxyl groups is 1. The molecule has 98 valence electrons. The van der Waals surface area contributed by atoms with E-state index < -0.39 is 6.10 Å². The molecule has 2 amide bonds. The number of aliphatic hydroxyl groups excluding tert-OH is 1. The van der Waals surface area contributed by atoms with Crippen LogP contribution in [0.25, 0.3) is 0 Å². The van der Waals surface area contributed by atoms with Crippen molar-refractivity contribution in [2.24, 2.45) is 0 Å². The zero-order valence-electron chi connectivity index (χ0n) is 10.6. The highest BCUT2D eigenvalue weighted by Gasteiger charge is 2.28. The van der Waals surface area contributed by atoms with Crippen LogP contribution in [0.1, 0.15) is 39.0 Å². The lowest BCUT2D eigenvalue weighted by molar-refractivity contribution is -0.135. The van der Waals surface area contributed by atoms with Gasteiger partial charge in [0.1, 0.15) is 0 Å². The molecule has 0 heterocycles. The summed E-state index contributed by atoms with van der Waals surface area (Å²) in [5, 5.41) is 12.4. The molecule has 0 aliphatic heterocycles. The van der Waals surface area contributed by atoms with Gasteiger partial charge in [0, 0.05) is 26.9 Å². The summed E-state index contributed by atoms with van der Waals surface area (Å²) in [5.41, 5.74) is 0. The quantitative estimate of drug-likeness (QED) is 0.743. The van der Waals surface area contributed by atoms with E-state index >= 15 is 0 Å². The van der Waals surface area contributed by atoms with Gasteiger partial charge in [0.15, 0.2) is 0 Å². The Morgan fingerprint density at radius 3 is 2.59 bits per heavy atom. The van der Waals surface area contributed by atoms with Gasteiger partial charge in [-0.15, -0.1) is 0 Å². The summed E-state index contributed by atoms with van der Waals surface area (Å²) in [4.78, 5) is 24.1. The van der Waals surface area contributed by atoms with E-state index in [2.05, 4.69) is 5.32 Å². The third kappa shape index (κ3) is 4.34. The van der Waals surface area contributed by atoms with Crippen LogP contribution in [0.3, 0.4) is 0 Å². The summed E-state index contributed by atoms with van der Waals surface area (Å²) >= 11 is 0. The molecule has 2 unspecified atom stereocenters. The molecule has 0 aromatic carbocycles. The van der Waals surface area contributed by atoms with Gasteiger partial charge in [-0.2, -0.15) is 0 Å². The van der Waals surface area contributed by atoms with Crippen molar-refractivity contribution in [3.63, 3.8) is 0 Å². The van der Waals surface area contributed by atoms with Crippen LogP contribution in [0.2, 0.25) is 0 Å². The van der Waals surface area contributed by atoms with E-state index in [1.165, 1.54) is 6.92 Å². The molecule has 1 aliphatic rings. The summed E-state index contributed by atoms with van der Waals surface area (Å²) in [7, 11) is 1.73. The van der Waals surface area contributed by atoms with Crippen molar-refractivity contribution >= 4 is 11.8 Å². The standard InChI is InChI=1S/C12H22N2O3/c1-9(15)13-8-7-12(17)14(2)10-5-3-4-6-11(10)16/h10-11,16H,3-8H2,1-2H3,(H,13,15). The molecule has 0 aromatic rings. The Hall–Kier alpha value is -1.10. The predicted octanol–water partition coefficient (Wildman–Crippen LogP) is 0.274. The van der Waals surface area contributed by atoms with Crippen molar-refractivity contribution in [1.29, 1.82) is 0 Å². The third-order valence-electron chi connectivity index (χ3n) is 3.30. The monoisotopic (exact) mass is 242 g/mol. The van der Waals surface area contributed by atoms with Gasteiger partial charge in [-0.3, -0.25) is 9.59 Å². The predicted molar refractivity (Wildman–Crippen MR) is 64.3 cm³/mol. The summed E-state index contributed by atoms with van der Waals surface area (Å²) in [6.07, 6.45) is 3.62. The second kappa shape index (κ2) is 6.59. The maximum absolute atomic E-state index is 11.8. The van der Waals surface area contributed by atoms with Crippen molar-refractivity contribution in [2.45, 2.75) is 51.2 Å². The van der Waals surface area contributed by atoms with E-state index in [-0.39, 0.29) is 17.9 Å². The van der Waals surface area contributed by atoms with Gasteiger partial charge in [-0.1, -0.05) is 12.8 Å². The summed E-state index contributed by atoms with van der Waals surface area (Å²) < 4.78 is 0. The minimum Gasteiger partial charge on any atom is -0.391 e. The van der Waals surface area contributed by atoms with Crippen LogP contribution in [0.5, 0.6) is 0 Å². The van der Waals surface area contributed by atoms with Crippen LogP contribution < -0.4 is 5.32 Å². The number of hydrogen-bond donors (Lipinski definition) is 2. The molecule has 1 rings (SSSR count). The van der Waals surface area contributed by atoms with Crippen molar-refractivity contribution in [3.05, 3.63) is 0 Å². The average molecular weight is 242 g/mol. The number of carbonyl (C=O) groups excluding carboxylic acids is 2. The maximum atomic E-state index is 11.8. The molecule has 2 atom stereocenters. The fourth-order valence-electron chi connectivity index (χ4n) is 2.25. The molecule has 0 aromatic heterocycles. The number of hydrogen-bond acceptors (Lipinski definition) is 3. The Morgan fingerprint density at radius 2 is 2.00 bits per heavy atom. The zero-order chi connectivity index (χ0) is 12.8. The molecule has 1 aliphatic carbocycles. The average Bonchev–Trinajstić information content (AvgIpc) is 2.28. The van der Waals surface area contributed by atoms with Gasteiger partial charge >= 0.3 is 0 Å². The van der Waals surface area contributed by atoms with E-state index in [9.17, 15) is 14.7 Å². The fourth-order valence-corrected chi connectivity index (χ4v) is 2.25. The molecule has 0 bridgehead atoms. The Balaban J connectivity index is 2.37. The van der Waals surface area contributed by atoms with Gasteiger partial charge in [0.25, 0.3) is 0 Å². The number of nitrogens with zero attached hydrogens (tertiary/aromatic N) is 1. The second-order valence-corrected chi connectivity index (χ2v) is 4.66. The van der Waals surface area contributed by atoms with Crippen molar-refractivity contribution in [2.75, 3.05) is 13.6 Å². The van der Waals surface area contributed by atoms with Gasteiger partial charge in [-0.25, -0.2) is 0 Å². The molecule has 5 nitrogen and oxygen atoms in total. The van der Waals surface area contributed by atoms with Crippen molar-refractivity contribution in [3.8, 4) is 0 Å². The lowest BCUT2D eigenvalue weighted by atomic mass is 9.91.